The molecule has 0 aliphatic carbocycles. The van der Waals surface area contributed by atoms with Crippen LogP contribution in [0.5, 0.6) is 11.6 Å². The van der Waals surface area contributed by atoms with Crippen molar-refractivity contribution >= 4 is 5.91 Å². The Bertz CT molecular complexity index is 1160. The van der Waals surface area contributed by atoms with Gasteiger partial charge in [0.2, 0.25) is 17.6 Å². The molecule has 0 radical (unpaired) electrons. The van der Waals surface area contributed by atoms with Crippen molar-refractivity contribution in [1.82, 2.24) is 20.4 Å². The van der Waals surface area contributed by atoms with Crippen molar-refractivity contribution in [3.05, 3.63) is 41.1 Å². The predicted molar refractivity (Wildman–Crippen MR) is 129 cm³/mol. The number of nitrogens with zero attached hydrogens (tertiary/aromatic N) is 3. The molecule has 2 aromatic heterocycles. The fourth-order valence-corrected chi connectivity index (χ4v) is 3.46. The van der Waals surface area contributed by atoms with Gasteiger partial charge in [-0.25, -0.2) is 4.98 Å². The summed E-state index contributed by atoms with van der Waals surface area (Å²) in [6, 6.07) is 5.72. The molecule has 3 rings (SSSR count). The van der Waals surface area contributed by atoms with E-state index in [4.69, 9.17) is 19.1 Å². The fourth-order valence-electron chi connectivity index (χ4n) is 3.46. The zero-order chi connectivity index (χ0) is 25.5. The van der Waals surface area contributed by atoms with Crippen LogP contribution in [0.15, 0.2) is 28.9 Å². The first-order valence-corrected chi connectivity index (χ1v) is 11.5. The summed E-state index contributed by atoms with van der Waals surface area (Å²) in [6.07, 6.45) is 1.45. The molecule has 3 aromatic rings. The molecule has 10 nitrogen and oxygen atoms in total. The second-order valence-corrected chi connectivity index (χ2v) is 8.50. The lowest BCUT2D eigenvalue weighted by Crippen LogP contribution is -2.36. The van der Waals surface area contributed by atoms with Crippen molar-refractivity contribution in [3.63, 3.8) is 0 Å². The quantitative estimate of drug-likeness (QED) is 0.375. The number of aliphatic hydroxyl groups is 2. The SMILES string of the molecule is CCc1cc(-c2noc(-c3cnc(OC(C)C)c(C)c3)n2)cc(C)c1OC[C@@H](O)CNC(=O)CO. The summed E-state index contributed by atoms with van der Waals surface area (Å²) in [4.78, 5) is 20.1. The predicted octanol–water partition coefficient (Wildman–Crippen LogP) is 2.61. The first kappa shape index (κ1) is 26.1. The molecule has 0 spiro atoms. The topological polar surface area (TPSA) is 140 Å². The molecule has 0 saturated carbocycles. The van der Waals surface area contributed by atoms with Gasteiger partial charge in [0.25, 0.3) is 5.89 Å². The maximum atomic E-state index is 11.1. The van der Waals surface area contributed by atoms with Crippen LogP contribution < -0.4 is 14.8 Å². The van der Waals surface area contributed by atoms with Crippen molar-refractivity contribution < 1.29 is 29.0 Å². The minimum absolute atomic E-state index is 0.00583. The van der Waals surface area contributed by atoms with Crippen molar-refractivity contribution in [2.45, 2.75) is 53.2 Å². The molecular formula is C25H32N4O6. The van der Waals surface area contributed by atoms with E-state index in [-0.39, 0.29) is 19.3 Å². The van der Waals surface area contributed by atoms with Gasteiger partial charge in [-0.3, -0.25) is 4.79 Å². The fraction of sp³-hybridized carbons (Fsp3) is 0.440. The zero-order valence-corrected chi connectivity index (χ0v) is 20.7. The van der Waals surface area contributed by atoms with Crippen LogP contribution in [0.1, 0.15) is 37.5 Å². The maximum absolute atomic E-state index is 11.1. The highest BCUT2D eigenvalue weighted by atomic mass is 16.5. The Balaban J connectivity index is 1.76. The lowest BCUT2D eigenvalue weighted by Gasteiger charge is -2.17. The van der Waals surface area contributed by atoms with Crippen LogP contribution in [0.3, 0.4) is 0 Å². The van der Waals surface area contributed by atoms with Gasteiger partial charge in [0, 0.05) is 23.9 Å². The molecule has 0 fully saturated rings. The highest BCUT2D eigenvalue weighted by molar-refractivity contribution is 5.76. The Morgan fingerprint density at radius 3 is 2.57 bits per heavy atom. The number of aromatic nitrogens is 3. The minimum atomic E-state index is -0.913. The third kappa shape index (κ3) is 6.77. The van der Waals surface area contributed by atoms with E-state index in [1.807, 2.05) is 52.8 Å². The number of benzene rings is 1. The number of hydrogen-bond acceptors (Lipinski definition) is 9. The maximum Gasteiger partial charge on any atom is 0.259 e. The van der Waals surface area contributed by atoms with Gasteiger partial charge in [0.05, 0.1) is 11.7 Å². The van der Waals surface area contributed by atoms with Crippen LogP contribution in [-0.4, -0.2) is 63.2 Å². The standard InChI is InChI=1S/C25H32N4O6/c1-6-17-9-18(7-15(4)22(17)33-13-20(31)11-26-21(32)12-30)23-28-25(35-29-23)19-8-16(5)24(27-10-19)34-14(2)3/h7-10,14,20,30-31H,6,11-13H2,1-5H3,(H,26,32)/t20-/m0/s1. The van der Waals surface area contributed by atoms with Crippen LogP contribution in [0.4, 0.5) is 0 Å². The lowest BCUT2D eigenvalue weighted by molar-refractivity contribution is -0.124. The van der Waals surface area contributed by atoms with Gasteiger partial charge in [-0.1, -0.05) is 12.1 Å². The number of ether oxygens (including phenoxy) is 2. The number of hydrogen-bond donors (Lipinski definition) is 3. The number of carbonyl (C=O) groups is 1. The zero-order valence-electron chi connectivity index (χ0n) is 20.7. The van der Waals surface area contributed by atoms with E-state index < -0.39 is 18.6 Å². The van der Waals surface area contributed by atoms with Crippen LogP contribution >= 0.6 is 0 Å². The van der Waals surface area contributed by atoms with Crippen molar-refractivity contribution in [3.8, 4) is 34.5 Å². The Morgan fingerprint density at radius 1 is 1.17 bits per heavy atom. The lowest BCUT2D eigenvalue weighted by atomic mass is 10.0. The number of pyridine rings is 1. The number of nitrogens with one attached hydrogen (secondary N) is 1. The summed E-state index contributed by atoms with van der Waals surface area (Å²) in [5.41, 5.74) is 4.13. The first-order valence-electron chi connectivity index (χ1n) is 11.5. The van der Waals surface area contributed by atoms with E-state index >= 15 is 0 Å². The summed E-state index contributed by atoms with van der Waals surface area (Å²) < 4.78 is 17.0. The van der Waals surface area contributed by atoms with Gasteiger partial charge in [0.15, 0.2) is 0 Å². The Morgan fingerprint density at radius 2 is 1.91 bits per heavy atom. The number of carbonyl (C=O) groups excluding carboxylic acids is 1. The van der Waals surface area contributed by atoms with Crippen LogP contribution in [0.2, 0.25) is 0 Å². The van der Waals surface area contributed by atoms with Gasteiger partial charge in [-0.2, -0.15) is 4.98 Å². The summed E-state index contributed by atoms with van der Waals surface area (Å²) in [6.45, 7) is 9.07. The Hall–Kier alpha value is -3.50. The third-order valence-electron chi connectivity index (χ3n) is 5.14. The highest BCUT2D eigenvalue weighted by Crippen LogP contribution is 2.31. The molecule has 0 saturated heterocycles. The molecule has 35 heavy (non-hydrogen) atoms. The van der Waals surface area contributed by atoms with Gasteiger partial charge < -0.3 is 29.5 Å². The van der Waals surface area contributed by atoms with E-state index in [0.717, 1.165) is 22.3 Å². The van der Waals surface area contributed by atoms with E-state index in [0.29, 0.717) is 35.3 Å². The summed E-state index contributed by atoms with van der Waals surface area (Å²) >= 11 is 0. The van der Waals surface area contributed by atoms with Gasteiger partial charge in [0.1, 0.15) is 25.1 Å². The molecule has 0 aliphatic heterocycles. The van der Waals surface area contributed by atoms with Crippen LogP contribution in [0.25, 0.3) is 22.8 Å². The summed E-state index contributed by atoms with van der Waals surface area (Å²) in [5.74, 6) is 1.48. The van der Waals surface area contributed by atoms with Crippen molar-refractivity contribution in [1.29, 1.82) is 0 Å². The molecule has 0 unspecified atom stereocenters. The van der Waals surface area contributed by atoms with E-state index in [1.165, 1.54) is 0 Å². The van der Waals surface area contributed by atoms with Gasteiger partial charge >= 0.3 is 0 Å². The van der Waals surface area contributed by atoms with Crippen LogP contribution in [0, 0.1) is 13.8 Å². The van der Waals surface area contributed by atoms with E-state index in [1.54, 1.807) is 6.20 Å². The molecule has 188 valence electrons. The number of amides is 1. The monoisotopic (exact) mass is 484 g/mol. The summed E-state index contributed by atoms with van der Waals surface area (Å²) in [5, 5.41) is 25.4. The Labute approximate surface area is 204 Å². The average molecular weight is 485 g/mol. The molecule has 0 bridgehead atoms. The smallest absolute Gasteiger partial charge is 0.259 e. The van der Waals surface area contributed by atoms with Crippen molar-refractivity contribution in [2.75, 3.05) is 19.8 Å². The molecule has 0 aliphatic rings. The third-order valence-corrected chi connectivity index (χ3v) is 5.14. The highest BCUT2D eigenvalue weighted by Gasteiger charge is 2.17. The average Bonchev–Trinajstić information content (AvgIpc) is 3.32. The molecule has 1 amide bonds. The van der Waals surface area contributed by atoms with Crippen LogP contribution in [-0.2, 0) is 11.2 Å². The number of aliphatic hydroxyl groups excluding tert-OH is 2. The molecule has 1 atom stereocenters. The molecule has 2 heterocycles. The second kappa shape index (κ2) is 11.8. The molecule has 1 aromatic carbocycles. The van der Waals surface area contributed by atoms with Crippen molar-refractivity contribution in [2.24, 2.45) is 0 Å². The normalized spacial score (nSPS) is 12.0. The molecule has 3 N–H and O–H groups in total. The molecular weight excluding hydrogens is 452 g/mol. The number of rotatable bonds is 11. The molecule has 10 heteroatoms. The number of aryl methyl sites for hydroxylation is 3. The summed E-state index contributed by atoms with van der Waals surface area (Å²) in [7, 11) is 0. The Kier molecular flexibility index (Phi) is 8.78. The van der Waals surface area contributed by atoms with E-state index in [2.05, 4.69) is 20.4 Å². The van der Waals surface area contributed by atoms with Gasteiger partial charge in [-0.05, 0) is 63.4 Å². The van der Waals surface area contributed by atoms with E-state index in [9.17, 15) is 9.90 Å². The largest absolute Gasteiger partial charge is 0.490 e. The minimum Gasteiger partial charge on any atom is -0.490 e. The van der Waals surface area contributed by atoms with Gasteiger partial charge in [-0.15, -0.1) is 0 Å². The first-order chi connectivity index (χ1) is 16.7. The second-order valence-electron chi connectivity index (χ2n) is 8.50.